The lowest BCUT2D eigenvalue weighted by atomic mass is 9.81. The predicted octanol–water partition coefficient (Wildman–Crippen LogP) is 2.50. The van der Waals surface area contributed by atoms with Gasteiger partial charge in [-0.3, -0.25) is 4.90 Å². The third-order valence-corrected chi connectivity index (χ3v) is 5.15. The minimum atomic E-state index is 0.313. The van der Waals surface area contributed by atoms with Crippen molar-refractivity contribution in [1.82, 2.24) is 10.2 Å². The maximum atomic E-state index is 9.61. The molecule has 0 spiro atoms. The first-order valence-corrected chi connectivity index (χ1v) is 8.18. The molecule has 0 amide bonds. The van der Waals surface area contributed by atoms with E-state index >= 15 is 0 Å². The van der Waals surface area contributed by atoms with Crippen molar-refractivity contribution in [3.8, 4) is 0 Å². The zero-order chi connectivity index (χ0) is 14.3. The Morgan fingerprint density at radius 3 is 2.47 bits per heavy atom. The van der Waals surface area contributed by atoms with Crippen molar-refractivity contribution >= 4 is 0 Å². The molecule has 1 rings (SSSR count). The number of nitrogens with one attached hydrogen (secondary N) is 1. The molecule has 0 saturated carbocycles. The van der Waals surface area contributed by atoms with E-state index < -0.39 is 0 Å². The Morgan fingerprint density at radius 2 is 1.95 bits per heavy atom. The summed E-state index contributed by atoms with van der Waals surface area (Å²) in [4.78, 5) is 2.53. The lowest BCUT2D eigenvalue weighted by Crippen LogP contribution is -2.47. The first-order chi connectivity index (χ1) is 9.12. The van der Waals surface area contributed by atoms with Crippen LogP contribution >= 0.6 is 0 Å². The third kappa shape index (κ3) is 4.44. The van der Waals surface area contributed by atoms with Gasteiger partial charge in [0.2, 0.25) is 0 Å². The molecule has 0 aliphatic carbocycles. The smallest absolute Gasteiger partial charge is 0.0589 e. The van der Waals surface area contributed by atoms with Crippen molar-refractivity contribution in [2.75, 3.05) is 32.8 Å². The fourth-order valence-electron chi connectivity index (χ4n) is 3.32. The van der Waals surface area contributed by atoms with E-state index in [2.05, 4.69) is 37.9 Å². The summed E-state index contributed by atoms with van der Waals surface area (Å²) in [5.74, 6) is 0.639. The summed E-state index contributed by atoms with van der Waals surface area (Å²) in [6, 6.07) is 0.378. The summed E-state index contributed by atoms with van der Waals surface area (Å²) in [6.45, 7) is 13.9. The maximum absolute atomic E-state index is 9.61. The Balaban J connectivity index is 2.61. The van der Waals surface area contributed by atoms with Crippen LogP contribution in [0.25, 0.3) is 0 Å². The van der Waals surface area contributed by atoms with Crippen molar-refractivity contribution in [3.05, 3.63) is 0 Å². The topological polar surface area (TPSA) is 35.5 Å². The van der Waals surface area contributed by atoms with Crippen LogP contribution in [0.3, 0.4) is 0 Å². The molecular weight excluding hydrogens is 236 g/mol. The average molecular weight is 270 g/mol. The van der Waals surface area contributed by atoms with Crippen LogP contribution in [0.4, 0.5) is 0 Å². The molecule has 1 aliphatic rings. The fourth-order valence-corrected chi connectivity index (χ4v) is 3.32. The van der Waals surface area contributed by atoms with Crippen LogP contribution in [0.2, 0.25) is 0 Å². The van der Waals surface area contributed by atoms with Gasteiger partial charge in [-0.25, -0.2) is 0 Å². The highest BCUT2D eigenvalue weighted by molar-refractivity contribution is 4.90. The van der Waals surface area contributed by atoms with Crippen LogP contribution < -0.4 is 5.32 Å². The van der Waals surface area contributed by atoms with Gasteiger partial charge in [0, 0.05) is 19.1 Å². The average Bonchev–Trinajstić information content (AvgIpc) is 2.78. The number of aliphatic hydroxyl groups excluding tert-OH is 1. The minimum absolute atomic E-state index is 0.313. The number of rotatable bonds is 9. The van der Waals surface area contributed by atoms with E-state index in [1.807, 2.05) is 0 Å². The molecule has 3 heteroatoms. The van der Waals surface area contributed by atoms with Crippen LogP contribution in [0, 0.1) is 11.3 Å². The number of hydrogen-bond donors (Lipinski definition) is 2. The van der Waals surface area contributed by atoms with Crippen molar-refractivity contribution < 1.29 is 5.11 Å². The molecular formula is C16H34N2O. The van der Waals surface area contributed by atoms with Crippen LogP contribution in [0.1, 0.15) is 53.4 Å². The molecule has 2 atom stereocenters. The van der Waals surface area contributed by atoms with Crippen molar-refractivity contribution in [1.29, 1.82) is 0 Å². The Hall–Kier alpha value is -0.120. The van der Waals surface area contributed by atoms with E-state index in [0.717, 1.165) is 26.2 Å². The molecule has 0 bridgehead atoms. The minimum Gasteiger partial charge on any atom is -0.395 e. The highest BCUT2D eigenvalue weighted by Crippen LogP contribution is 2.32. The highest BCUT2D eigenvalue weighted by atomic mass is 16.3. The quantitative estimate of drug-likeness (QED) is 0.632. The number of nitrogens with zero attached hydrogens (tertiary/aromatic N) is 1. The molecule has 1 fully saturated rings. The lowest BCUT2D eigenvalue weighted by molar-refractivity contribution is 0.0829. The molecule has 114 valence electrons. The Bertz CT molecular complexity index is 241. The van der Waals surface area contributed by atoms with E-state index in [-0.39, 0.29) is 0 Å². The van der Waals surface area contributed by atoms with Crippen LogP contribution in [-0.2, 0) is 0 Å². The molecule has 2 N–H and O–H groups in total. The molecule has 1 saturated heterocycles. The van der Waals surface area contributed by atoms with E-state index in [1.165, 1.54) is 25.7 Å². The fraction of sp³-hybridized carbons (Fsp3) is 1.00. The SMILES string of the molecule is CCCNCC(CC)(CC)CN1CCC(C)C1CO. The van der Waals surface area contributed by atoms with Crippen LogP contribution in [0.15, 0.2) is 0 Å². The Morgan fingerprint density at radius 1 is 1.26 bits per heavy atom. The molecule has 0 aromatic carbocycles. The van der Waals surface area contributed by atoms with Gasteiger partial charge >= 0.3 is 0 Å². The van der Waals surface area contributed by atoms with Crippen LogP contribution in [0.5, 0.6) is 0 Å². The standard InChI is InChI=1S/C16H34N2O/c1-5-9-17-12-16(6-2,7-3)13-18-10-8-14(4)15(18)11-19/h14-15,17,19H,5-13H2,1-4H3. The first kappa shape index (κ1) is 16.9. The molecule has 1 heterocycles. The molecule has 3 nitrogen and oxygen atoms in total. The number of likely N-dealkylation sites (tertiary alicyclic amines) is 1. The summed E-state index contributed by atoms with van der Waals surface area (Å²) < 4.78 is 0. The summed E-state index contributed by atoms with van der Waals surface area (Å²) in [6.07, 6.45) is 4.85. The van der Waals surface area contributed by atoms with E-state index in [9.17, 15) is 5.11 Å². The second-order valence-electron chi connectivity index (χ2n) is 6.37. The molecule has 2 unspecified atom stereocenters. The second-order valence-corrected chi connectivity index (χ2v) is 6.37. The second kappa shape index (κ2) is 8.23. The van der Waals surface area contributed by atoms with E-state index in [0.29, 0.717) is 24.0 Å². The molecule has 0 aromatic rings. The molecule has 1 aliphatic heterocycles. The summed E-state index contributed by atoms with van der Waals surface area (Å²) in [5, 5.41) is 13.2. The van der Waals surface area contributed by atoms with Crippen molar-refractivity contribution in [2.24, 2.45) is 11.3 Å². The predicted molar refractivity (Wildman–Crippen MR) is 82.4 cm³/mol. The van der Waals surface area contributed by atoms with Gasteiger partial charge in [0.25, 0.3) is 0 Å². The summed E-state index contributed by atoms with van der Waals surface area (Å²) in [7, 11) is 0. The largest absolute Gasteiger partial charge is 0.395 e. The lowest BCUT2D eigenvalue weighted by Gasteiger charge is -2.38. The van der Waals surface area contributed by atoms with Crippen molar-refractivity contribution in [3.63, 3.8) is 0 Å². The molecule has 0 aromatic heterocycles. The zero-order valence-corrected chi connectivity index (χ0v) is 13.4. The highest BCUT2D eigenvalue weighted by Gasteiger charge is 2.36. The van der Waals surface area contributed by atoms with E-state index in [1.54, 1.807) is 0 Å². The normalized spacial score (nSPS) is 25.1. The molecule has 19 heavy (non-hydrogen) atoms. The first-order valence-electron chi connectivity index (χ1n) is 8.18. The van der Waals surface area contributed by atoms with Crippen molar-refractivity contribution in [2.45, 2.75) is 59.4 Å². The van der Waals surface area contributed by atoms with Gasteiger partial charge in [-0.2, -0.15) is 0 Å². The molecule has 0 radical (unpaired) electrons. The van der Waals surface area contributed by atoms with Gasteiger partial charge in [-0.05, 0) is 50.1 Å². The van der Waals surface area contributed by atoms with Gasteiger partial charge in [0.05, 0.1) is 6.61 Å². The monoisotopic (exact) mass is 270 g/mol. The van der Waals surface area contributed by atoms with Gasteiger partial charge in [0.1, 0.15) is 0 Å². The van der Waals surface area contributed by atoms with Gasteiger partial charge in [-0.15, -0.1) is 0 Å². The Labute approximate surface area is 119 Å². The van der Waals surface area contributed by atoms with E-state index in [4.69, 9.17) is 0 Å². The third-order valence-electron chi connectivity index (χ3n) is 5.15. The summed E-state index contributed by atoms with van der Waals surface area (Å²) >= 11 is 0. The maximum Gasteiger partial charge on any atom is 0.0589 e. The number of aliphatic hydroxyl groups is 1. The zero-order valence-electron chi connectivity index (χ0n) is 13.4. The summed E-state index contributed by atoms with van der Waals surface area (Å²) in [5.41, 5.74) is 0.368. The van der Waals surface area contributed by atoms with Crippen LogP contribution in [-0.4, -0.2) is 48.8 Å². The van der Waals surface area contributed by atoms with Gasteiger partial charge in [-0.1, -0.05) is 27.7 Å². The van der Waals surface area contributed by atoms with Gasteiger partial charge in [0.15, 0.2) is 0 Å². The Kier molecular flexibility index (Phi) is 7.33. The van der Waals surface area contributed by atoms with Gasteiger partial charge < -0.3 is 10.4 Å². The number of hydrogen-bond acceptors (Lipinski definition) is 3.